The number of thiophene rings is 1. The Morgan fingerprint density at radius 1 is 1.15 bits per heavy atom. The molecule has 1 aromatic carbocycles. The van der Waals surface area contributed by atoms with E-state index in [4.69, 9.17) is 0 Å². The Balaban J connectivity index is 2.07. The van der Waals surface area contributed by atoms with Crippen molar-refractivity contribution in [2.75, 3.05) is 16.3 Å². The van der Waals surface area contributed by atoms with E-state index in [1.165, 1.54) is 10.4 Å². The Morgan fingerprint density at radius 3 is 2.45 bits per heavy atom. The zero-order chi connectivity index (χ0) is 14.8. The van der Waals surface area contributed by atoms with Crippen molar-refractivity contribution in [3.63, 3.8) is 0 Å². The van der Waals surface area contributed by atoms with Crippen molar-refractivity contribution < 1.29 is 8.42 Å². The smallest absolute Gasteiger partial charge is 0.229 e. The number of benzene rings is 1. The third-order valence-corrected chi connectivity index (χ3v) is 4.56. The molecule has 0 bridgehead atoms. The Bertz CT molecular complexity index is 706. The van der Waals surface area contributed by atoms with Gasteiger partial charge < -0.3 is 5.32 Å². The van der Waals surface area contributed by atoms with Gasteiger partial charge in [-0.25, -0.2) is 8.42 Å². The number of nitrogens with one attached hydrogen (secondary N) is 2. The monoisotopic (exact) mass is 310 g/mol. The van der Waals surface area contributed by atoms with Gasteiger partial charge in [-0.3, -0.25) is 4.72 Å². The highest BCUT2D eigenvalue weighted by Crippen LogP contribution is 2.22. The highest BCUT2D eigenvalue weighted by molar-refractivity contribution is 7.92. The van der Waals surface area contributed by atoms with E-state index in [1.807, 2.05) is 19.1 Å². The first-order chi connectivity index (χ1) is 9.35. The van der Waals surface area contributed by atoms with Crippen LogP contribution in [0.4, 0.5) is 11.4 Å². The predicted octanol–water partition coefficient (Wildman–Crippen LogP) is 3.35. The fourth-order valence-corrected chi connectivity index (χ4v) is 3.33. The third-order valence-electron chi connectivity index (χ3n) is 2.94. The van der Waals surface area contributed by atoms with Gasteiger partial charge in [0.2, 0.25) is 10.0 Å². The molecule has 4 nitrogen and oxygen atoms in total. The second-order valence-corrected chi connectivity index (χ2v) is 7.53. The Labute approximate surface area is 123 Å². The molecule has 2 rings (SSSR count). The summed E-state index contributed by atoms with van der Waals surface area (Å²) in [4.78, 5) is 1.31. The lowest BCUT2D eigenvalue weighted by molar-refractivity contribution is 0.607. The average Bonchev–Trinajstić information content (AvgIpc) is 2.74. The molecule has 2 N–H and O–H groups in total. The molecule has 0 aliphatic heterocycles. The first-order valence-corrected chi connectivity index (χ1v) is 8.97. The molecule has 0 aliphatic carbocycles. The van der Waals surface area contributed by atoms with Crippen LogP contribution in [0.5, 0.6) is 0 Å². The van der Waals surface area contributed by atoms with E-state index in [0.29, 0.717) is 5.69 Å². The van der Waals surface area contributed by atoms with Crippen molar-refractivity contribution in [3.05, 3.63) is 45.6 Å². The summed E-state index contributed by atoms with van der Waals surface area (Å²) in [5.74, 6) is 0. The summed E-state index contributed by atoms with van der Waals surface area (Å²) >= 11 is 1.73. The molecule has 0 spiro atoms. The number of rotatable bonds is 5. The average molecular weight is 310 g/mol. The van der Waals surface area contributed by atoms with E-state index < -0.39 is 10.0 Å². The molecular weight excluding hydrogens is 292 g/mol. The van der Waals surface area contributed by atoms with Crippen molar-refractivity contribution in [1.82, 2.24) is 0 Å². The lowest BCUT2D eigenvalue weighted by Crippen LogP contribution is -2.10. The minimum Gasteiger partial charge on any atom is -0.380 e. The second kappa shape index (κ2) is 5.85. The fourth-order valence-electron chi connectivity index (χ4n) is 1.86. The summed E-state index contributed by atoms with van der Waals surface area (Å²) in [5.41, 5.74) is 3.78. The lowest BCUT2D eigenvalue weighted by atomic mass is 10.2. The predicted molar refractivity (Wildman–Crippen MR) is 86.0 cm³/mol. The molecule has 0 saturated carbocycles. The largest absolute Gasteiger partial charge is 0.380 e. The van der Waals surface area contributed by atoms with Gasteiger partial charge in [-0.15, -0.1) is 11.3 Å². The van der Waals surface area contributed by atoms with Crippen molar-refractivity contribution >= 4 is 32.7 Å². The van der Waals surface area contributed by atoms with Gasteiger partial charge in [-0.2, -0.15) is 0 Å². The van der Waals surface area contributed by atoms with Crippen molar-refractivity contribution in [2.45, 2.75) is 20.4 Å². The summed E-state index contributed by atoms with van der Waals surface area (Å²) in [6.45, 7) is 4.76. The molecule has 0 radical (unpaired) electrons. The summed E-state index contributed by atoms with van der Waals surface area (Å²) in [6.07, 6.45) is 1.15. The first kappa shape index (κ1) is 14.9. The fraction of sp³-hybridized carbons (Fsp3) is 0.286. The molecule has 0 unspecified atom stereocenters. The molecule has 0 saturated heterocycles. The van der Waals surface area contributed by atoms with Gasteiger partial charge in [0.05, 0.1) is 11.9 Å². The van der Waals surface area contributed by atoms with Gasteiger partial charge in [-0.05, 0) is 54.6 Å². The van der Waals surface area contributed by atoms with Crippen molar-refractivity contribution in [1.29, 1.82) is 0 Å². The van der Waals surface area contributed by atoms with Gasteiger partial charge in [-0.1, -0.05) is 0 Å². The summed E-state index contributed by atoms with van der Waals surface area (Å²) < 4.78 is 25.0. The van der Waals surface area contributed by atoms with Crippen LogP contribution < -0.4 is 10.0 Å². The van der Waals surface area contributed by atoms with E-state index in [0.717, 1.165) is 24.1 Å². The maximum absolute atomic E-state index is 11.2. The number of hydrogen-bond acceptors (Lipinski definition) is 4. The number of anilines is 2. The summed E-state index contributed by atoms with van der Waals surface area (Å²) in [7, 11) is -3.23. The van der Waals surface area contributed by atoms with Crippen LogP contribution in [0.1, 0.15) is 16.0 Å². The standard InChI is InChI=1S/C14H18N2O2S2/c1-10-6-7-19-14(10)9-15-12-4-5-13(11(2)8-12)16-20(3,17)18/h4-8,15-16H,9H2,1-3H3. The van der Waals surface area contributed by atoms with E-state index in [-0.39, 0.29) is 0 Å². The summed E-state index contributed by atoms with van der Waals surface area (Å²) in [5, 5.41) is 5.43. The Kier molecular flexibility index (Phi) is 4.35. The van der Waals surface area contributed by atoms with Gasteiger partial charge in [0.15, 0.2) is 0 Å². The van der Waals surface area contributed by atoms with Crippen LogP contribution in [-0.2, 0) is 16.6 Å². The topological polar surface area (TPSA) is 58.2 Å². The minimum absolute atomic E-state index is 0.616. The number of sulfonamides is 1. The Morgan fingerprint density at radius 2 is 1.90 bits per heavy atom. The van der Waals surface area contributed by atoms with Gasteiger partial charge in [0.1, 0.15) is 0 Å². The SMILES string of the molecule is Cc1cc(NCc2sccc2C)ccc1NS(C)(=O)=O. The van der Waals surface area contributed by atoms with Crippen LogP contribution in [-0.4, -0.2) is 14.7 Å². The van der Waals surface area contributed by atoms with Gasteiger partial charge >= 0.3 is 0 Å². The highest BCUT2D eigenvalue weighted by Gasteiger charge is 2.06. The number of hydrogen-bond donors (Lipinski definition) is 2. The van der Waals surface area contributed by atoms with Crippen LogP contribution in [0.2, 0.25) is 0 Å². The normalized spacial score (nSPS) is 11.3. The van der Waals surface area contributed by atoms with Gasteiger partial charge in [0, 0.05) is 17.1 Å². The quantitative estimate of drug-likeness (QED) is 0.890. The second-order valence-electron chi connectivity index (χ2n) is 4.78. The molecule has 20 heavy (non-hydrogen) atoms. The zero-order valence-corrected chi connectivity index (χ0v) is 13.4. The van der Waals surface area contributed by atoms with Crippen LogP contribution in [0, 0.1) is 13.8 Å². The van der Waals surface area contributed by atoms with E-state index in [1.54, 1.807) is 17.4 Å². The van der Waals surface area contributed by atoms with Crippen LogP contribution in [0.3, 0.4) is 0 Å². The minimum atomic E-state index is -3.23. The molecule has 6 heteroatoms. The molecule has 1 heterocycles. The van der Waals surface area contributed by atoms with Gasteiger partial charge in [0.25, 0.3) is 0 Å². The van der Waals surface area contributed by atoms with E-state index in [2.05, 4.69) is 28.4 Å². The Hall–Kier alpha value is -1.53. The lowest BCUT2D eigenvalue weighted by Gasteiger charge is -2.11. The highest BCUT2D eigenvalue weighted by atomic mass is 32.2. The number of aryl methyl sites for hydroxylation is 2. The van der Waals surface area contributed by atoms with Crippen LogP contribution >= 0.6 is 11.3 Å². The van der Waals surface area contributed by atoms with Crippen LogP contribution in [0.15, 0.2) is 29.6 Å². The van der Waals surface area contributed by atoms with E-state index >= 15 is 0 Å². The molecule has 2 aromatic rings. The molecule has 0 aliphatic rings. The summed E-state index contributed by atoms with van der Waals surface area (Å²) in [6, 6.07) is 7.70. The molecule has 1 aromatic heterocycles. The third kappa shape index (κ3) is 3.98. The van der Waals surface area contributed by atoms with Crippen molar-refractivity contribution in [2.24, 2.45) is 0 Å². The molecule has 0 amide bonds. The first-order valence-electron chi connectivity index (χ1n) is 6.20. The molecule has 0 fully saturated rings. The van der Waals surface area contributed by atoms with Crippen molar-refractivity contribution in [3.8, 4) is 0 Å². The molecule has 108 valence electrons. The maximum Gasteiger partial charge on any atom is 0.229 e. The molecule has 0 atom stereocenters. The zero-order valence-electron chi connectivity index (χ0n) is 11.7. The molecular formula is C14H18N2O2S2. The maximum atomic E-state index is 11.2. The van der Waals surface area contributed by atoms with E-state index in [9.17, 15) is 8.42 Å². The van der Waals surface area contributed by atoms with Crippen LogP contribution in [0.25, 0.3) is 0 Å².